The second-order valence-electron chi connectivity index (χ2n) is 5.35. The number of hydrogen-bond donors (Lipinski definition) is 2. The molecule has 0 bridgehead atoms. The van der Waals surface area contributed by atoms with E-state index in [1.165, 1.54) is 32.1 Å². The Kier molecular flexibility index (Phi) is 19.9. The molecule has 0 rings (SSSR count). The molecule has 0 aromatic carbocycles. The zero-order valence-electron chi connectivity index (χ0n) is 14.4. The summed E-state index contributed by atoms with van der Waals surface area (Å²) >= 11 is 0. The van der Waals surface area contributed by atoms with Gasteiger partial charge in [-0.1, -0.05) is 33.1 Å². The summed E-state index contributed by atoms with van der Waals surface area (Å²) in [5, 5.41) is 6.83. The van der Waals surface area contributed by atoms with E-state index in [2.05, 4.69) is 29.5 Å². The summed E-state index contributed by atoms with van der Waals surface area (Å²) in [5.41, 5.74) is 0. The van der Waals surface area contributed by atoms with Gasteiger partial charge in [0.25, 0.3) is 0 Å². The Bertz CT molecular complexity index is 238. The zero-order chi connectivity index (χ0) is 15.1. The fourth-order valence-electron chi connectivity index (χ4n) is 2.16. The van der Waals surface area contributed by atoms with Crippen LogP contribution in [0, 0.1) is 5.92 Å². The second kappa shape index (κ2) is 18.0. The van der Waals surface area contributed by atoms with Crippen molar-refractivity contribution in [3.63, 3.8) is 0 Å². The highest BCUT2D eigenvalue weighted by atomic mass is 127. The molecule has 5 heteroatoms. The van der Waals surface area contributed by atoms with E-state index < -0.39 is 0 Å². The molecular formula is C16H36IN3O. The highest BCUT2D eigenvalue weighted by Gasteiger charge is 2.06. The van der Waals surface area contributed by atoms with Crippen LogP contribution in [-0.4, -0.2) is 39.8 Å². The SMILES string of the molecule is CCCCC(CC)CNC(=NC)NCCCCCOC.I. The normalized spacial score (nSPS) is 12.7. The van der Waals surface area contributed by atoms with Crippen LogP contribution in [0.1, 0.15) is 58.8 Å². The summed E-state index contributed by atoms with van der Waals surface area (Å²) in [4.78, 5) is 4.28. The van der Waals surface area contributed by atoms with Gasteiger partial charge in [0.05, 0.1) is 0 Å². The van der Waals surface area contributed by atoms with Crippen LogP contribution in [0.15, 0.2) is 4.99 Å². The molecule has 0 saturated heterocycles. The van der Waals surface area contributed by atoms with Gasteiger partial charge in [-0.15, -0.1) is 24.0 Å². The average molecular weight is 413 g/mol. The predicted molar refractivity (Wildman–Crippen MR) is 104 cm³/mol. The molecule has 0 aliphatic heterocycles. The van der Waals surface area contributed by atoms with Crippen molar-refractivity contribution in [2.45, 2.75) is 58.8 Å². The van der Waals surface area contributed by atoms with Crippen molar-refractivity contribution in [3.05, 3.63) is 0 Å². The van der Waals surface area contributed by atoms with Crippen LogP contribution in [0.3, 0.4) is 0 Å². The lowest BCUT2D eigenvalue weighted by molar-refractivity contribution is 0.192. The number of halogens is 1. The summed E-state index contributed by atoms with van der Waals surface area (Å²) in [6.07, 6.45) is 8.66. The highest BCUT2D eigenvalue weighted by Crippen LogP contribution is 2.10. The molecule has 0 fully saturated rings. The molecule has 0 aromatic rings. The molecule has 0 spiro atoms. The summed E-state index contributed by atoms with van der Waals surface area (Å²) in [5.74, 6) is 1.70. The number of nitrogens with zero attached hydrogens (tertiary/aromatic N) is 1. The number of rotatable bonds is 12. The molecule has 0 aromatic heterocycles. The number of unbranched alkanes of at least 4 members (excludes halogenated alkanes) is 3. The Morgan fingerprint density at radius 3 is 2.43 bits per heavy atom. The maximum atomic E-state index is 5.04. The molecule has 0 aliphatic carbocycles. The number of guanidine groups is 1. The van der Waals surface area contributed by atoms with E-state index in [4.69, 9.17) is 4.74 Å². The van der Waals surface area contributed by atoms with E-state index in [1.54, 1.807) is 7.11 Å². The maximum Gasteiger partial charge on any atom is 0.190 e. The number of ether oxygens (including phenoxy) is 1. The molecule has 1 unspecified atom stereocenters. The number of aliphatic imine (C=N–C) groups is 1. The van der Waals surface area contributed by atoms with E-state index in [-0.39, 0.29) is 24.0 Å². The largest absolute Gasteiger partial charge is 0.385 e. The first kappa shape index (κ1) is 23.2. The first-order chi connectivity index (χ1) is 9.78. The van der Waals surface area contributed by atoms with Gasteiger partial charge in [-0.05, 0) is 31.6 Å². The van der Waals surface area contributed by atoms with Crippen LogP contribution in [0.5, 0.6) is 0 Å². The van der Waals surface area contributed by atoms with E-state index in [0.717, 1.165) is 44.4 Å². The summed E-state index contributed by atoms with van der Waals surface area (Å²) < 4.78 is 5.04. The van der Waals surface area contributed by atoms with E-state index in [1.807, 2.05) is 7.05 Å². The van der Waals surface area contributed by atoms with Crippen molar-refractivity contribution in [2.24, 2.45) is 10.9 Å². The van der Waals surface area contributed by atoms with Crippen LogP contribution in [0.2, 0.25) is 0 Å². The summed E-state index contributed by atoms with van der Waals surface area (Å²) in [6, 6.07) is 0. The minimum absolute atomic E-state index is 0. The van der Waals surface area contributed by atoms with Gasteiger partial charge in [0, 0.05) is 33.9 Å². The summed E-state index contributed by atoms with van der Waals surface area (Å²) in [7, 11) is 3.60. The topological polar surface area (TPSA) is 45.7 Å². The van der Waals surface area contributed by atoms with Crippen molar-refractivity contribution < 1.29 is 4.74 Å². The molecule has 21 heavy (non-hydrogen) atoms. The van der Waals surface area contributed by atoms with Crippen LogP contribution in [0.4, 0.5) is 0 Å². The van der Waals surface area contributed by atoms with Gasteiger partial charge in [0.2, 0.25) is 0 Å². The Morgan fingerprint density at radius 1 is 1.10 bits per heavy atom. The number of hydrogen-bond acceptors (Lipinski definition) is 2. The van der Waals surface area contributed by atoms with Crippen molar-refractivity contribution >= 4 is 29.9 Å². The minimum Gasteiger partial charge on any atom is -0.385 e. The summed E-state index contributed by atoms with van der Waals surface area (Å²) in [6.45, 7) is 7.40. The zero-order valence-corrected chi connectivity index (χ0v) is 16.7. The van der Waals surface area contributed by atoms with E-state index in [0.29, 0.717) is 0 Å². The first-order valence-electron chi connectivity index (χ1n) is 8.21. The van der Waals surface area contributed by atoms with Gasteiger partial charge in [-0.2, -0.15) is 0 Å². The van der Waals surface area contributed by atoms with Crippen LogP contribution in [-0.2, 0) is 4.74 Å². The third kappa shape index (κ3) is 14.7. The van der Waals surface area contributed by atoms with Gasteiger partial charge >= 0.3 is 0 Å². The standard InChI is InChI=1S/C16H35N3O.HI/c1-5-7-11-15(6-2)14-19-16(17-3)18-12-9-8-10-13-20-4;/h15H,5-14H2,1-4H3,(H2,17,18,19);1H. The lowest BCUT2D eigenvalue weighted by Gasteiger charge is -2.18. The van der Waals surface area contributed by atoms with E-state index in [9.17, 15) is 0 Å². The molecule has 0 saturated carbocycles. The van der Waals surface area contributed by atoms with Crippen molar-refractivity contribution in [3.8, 4) is 0 Å². The molecule has 2 N–H and O–H groups in total. The highest BCUT2D eigenvalue weighted by molar-refractivity contribution is 14.0. The van der Waals surface area contributed by atoms with Crippen molar-refractivity contribution in [1.29, 1.82) is 0 Å². The Hall–Kier alpha value is -0.0400. The monoisotopic (exact) mass is 413 g/mol. The van der Waals surface area contributed by atoms with Gasteiger partial charge in [0.1, 0.15) is 0 Å². The quantitative estimate of drug-likeness (QED) is 0.221. The maximum absolute atomic E-state index is 5.04. The molecule has 0 amide bonds. The van der Waals surface area contributed by atoms with E-state index >= 15 is 0 Å². The van der Waals surface area contributed by atoms with Gasteiger partial charge < -0.3 is 15.4 Å². The van der Waals surface area contributed by atoms with Crippen molar-refractivity contribution in [1.82, 2.24) is 10.6 Å². The number of methoxy groups -OCH3 is 1. The molecule has 0 heterocycles. The lowest BCUT2D eigenvalue weighted by atomic mass is 9.99. The third-order valence-electron chi connectivity index (χ3n) is 3.64. The number of nitrogens with one attached hydrogen (secondary N) is 2. The van der Waals surface area contributed by atoms with Gasteiger partial charge in [-0.25, -0.2) is 0 Å². The Balaban J connectivity index is 0. The van der Waals surface area contributed by atoms with Crippen LogP contribution < -0.4 is 10.6 Å². The fourth-order valence-corrected chi connectivity index (χ4v) is 2.16. The average Bonchev–Trinajstić information content (AvgIpc) is 2.48. The van der Waals surface area contributed by atoms with Gasteiger partial charge in [-0.3, -0.25) is 4.99 Å². The lowest BCUT2D eigenvalue weighted by Crippen LogP contribution is -2.40. The second-order valence-corrected chi connectivity index (χ2v) is 5.35. The predicted octanol–water partition coefficient (Wildman–Crippen LogP) is 3.80. The first-order valence-corrected chi connectivity index (χ1v) is 8.21. The van der Waals surface area contributed by atoms with Gasteiger partial charge in [0.15, 0.2) is 5.96 Å². The molecule has 0 aliphatic rings. The molecule has 1 atom stereocenters. The van der Waals surface area contributed by atoms with Crippen LogP contribution in [0.25, 0.3) is 0 Å². The minimum atomic E-state index is 0. The Morgan fingerprint density at radius 2 is 1.86 bits per heavy atom. The molecule has 0 radical (unpaired) electrons. The van der Waals surface area contributed by atoms with Crippen LogP contribution >= 0.6 is 24.0 Å². The van der Waals surface area contributed by atoms with Crippen molar-refractivity contribution in [2.75, 3.05) is 33.9 Å². The third-order valence-corrected chi connectivity index (χ3v) is 3.64. The molecule has 4 nitrogen and oxygen atoms in total. The smallest absolute Gasteiger partial charge is 0.190 e. The molecular weight excluding hydrogens is 377 g/mol. The Labute approximate surface area is 148 Å². The fraction of sp³-hybridized carbons (Fsp3) is 0.938. The molecule has 128 valence electrons.